The highest BCUT2D eigenvalue weighted by atomic mass is 15.3. The van der Waals surface area contributed by atoms with Crippen molar-refractivity contribution in [2.45, 2.75) is 19.9 Å². The number of nitrogens with two attached hydrogens (primary N) is 2. The summed E-state index contributed by atoms with van der Waals surface area (Å²) in [6, 6.07) is 15.4. The number of benzene rings is 2. The average molecular weight is 377 g/mol. The maximum absolute atomic E-state index is 5.74. The van der Waals surface area contributed by atoms with Crippen molar-refractivity contribution in [2.24, 2.45) is 5.84 Å². The van der Waals surface area contributed by atoms with Crippen LogP contribution in [0.2, 0.25) is 0 Å². The molecule has 1 fully saturated rings. The number of rotatable bonds is 4. The van der Waals surface area contributed by atoms with Gasteiger partial charge < -0.3 is 16.1 Å². The van der Waals surface area contributed by atoms with Crippen molar-refractivity contribution in [2.75, 3.05) is 42.2 Å². The molecule has 0 atom stereocenters. The molecule has 0 unspecified atom stereocenters. The van der Waals surface area contributed by atoms with Crippen molar-refractivity contribution < 1.29 is 0 Å². The number of piperazine rings is 1. The van der Waals surface area contributed by atoms with Crippen molar-refractivity contribution in [1.29, 1.82) is 0 Å². The Kier molecular flexibility index (Phi) is 5.02. The Labute approximate surface area is 165 Å². The van der Waals surface area contributed by atoms with E-state index in [0.717, 1.165) is 48.2 Å². The van der Waals surface area contributed by atoms with Gasteiger partial charge in [0.25, 0.3) is 0 Å². The van der Waals surface area contributed by atoms with Gasteiger partial charge in [-0.1, -0.05) is 18.2 Å². The van der Waals surface area contributed by atoms with Gasteiger partial charge in [-0.25, -0.2) is 10.8 Å². The Hall–Kier alpha value is -2.90. The van der Waals surface area contributed by atoms with E-state index in [1.54, 1.807) is 0 Å². The van der Waals surface area contributed by atoms with Gasteiger partial charge in [0.15, 0.2) is 5.82 Å². The van der Waals surface area contributed by atoms with Crippen molar-refractivity contribution >= 4 is 28.4 Å². The number of fused-ring (bicyclic) bond motifs is 1. The molecule has 146 valence electrons. The summed E-state index contributed by atoms with van der Waals surface area (Å²) in [6.07, 6.45) is 0. The van der Waals surface area contributed by atoms with Crippen LogP contribution in [0, 0.1) is 0 Å². The highest BCUT2D eigenvalue weighted by molar-refractivity contribution is 5.93. The lowest BCUT2D eigenvalue weighted by atomic mass is 10.0. The molecule has 0 saturated carbocycles. The Morgan fingerprint density at radius 3 is 2.25 bits per heavy atom. The molecule has 2 aromatic carbocycles. The zero-order chi connectivity index (χ0) is 19.7. The fraction of sp³-hybridized carbons (Fsp3) is 0.333. The van der Waals surface area contributed by atoms with E-state index < -0.39 is 0 Å². The largest absolute Gasteiger partial charge is 0.369 e. The molecule has 4 rings (SSSR count). The molecule has 5 N–H and O–H groups in total. The van der Waals surface area contributed by atoms with Crippen molar-refractivity contribution in [1.82, 2.24) is 14.9 Å². The van der Waals surface area contributed by atoms with E-state index in [2.05, 4.69) is 63.3 Å². The van der Waals surface area contributed by atoms with Gasteiger partial charge in [0.1, 0.15) is 0 Å². The molecule has 0 spiro atoms. The van der Waals surface area contributed by atoms with E-state index in [4.69, 9.17) is 11.6 Å². The highest BCUT2D eigenvalue weighted by Gasteiger charge is 2.19. The molecule has 1 aliphatic rings. The van der Waals surface area contributed by atoms with Crippen molar-refractivity contribution in [3.63, 3.8) is 0 Å². The Bertz CT molecular complexity index is 960. The van der Waals surface area contributed by atoms with E-state index >= 15 is 0 Å². The lowest BCUT2D eigenvalue weighted by Gasteiger charge is -2.38. The maximum atomic E-state index is 5.74. The van der Waals surface area contributed by atoms with Crippen LogP contribution in [0.5, 0.6) is 0 Å². The fourth-order valence-corrected chi connectivity index (χ4v) is 3.80. The topological polar surface area (TPSA) is 96.3 Å². The Morgan fingerprint density at radius 1 is 0.929 bits per heavy atom. The Balaban J connectivity index is 1.56. The molecule has 7 nitrogen and oxygen atoms in total. The second kappa shape index (κ2) is 7.61. The first-order valence-electron chi connectivity index (χ1n) is 9.68. The third kappa shape index (κ3) is 3.58. The van der Waals surface area contributed by atoms with Crippen LogP contribution < -0.4 is 21.9 Å². The molecule has 1 aromatic heterocycles. The van der Waals surface area contributed by atoms with Gasteiger partial charge in [0.05, 0.1) is 5.52 Å². The number of hydrogen-bond acceptors (Lipinski definition) is 7. The van der Waals surface area contributed by atoms with Crippen LogP contribution in [0.4, 0.5) is 17.5 Å². The summed E-state index contributed by atoms with van der Waals surface area (Å²) in [7, 11) is 0. The number of nitrogens with one attached hydrogen (secondary N) is 1. The summed E-state index contributed by atoms with van der Waals surface area (Å²) in [5.74, 6) is 6.33. The maximum Gasteiger partial charge on any atom is 0.222 e. The van der Waals surface area contributed by atoms with Crippen LogP contribution in [0.1, 0.15) is 13.8 Å². The van der Waals surface area contributed by atoms with Crippen molar-refractivity contribution in [3.05, 3.63) is 42.5 Å². The Morgan fingerprint density at radius 2 is 1.61 bits per heavy atom. The molecule has 0 radical (unpaired) electrons. The zero-order valence-electron chi connectivity index (χ0n) is 16.4. The average Bonchev–Trinajstić information content (AvgIpc) is 2.73. The number of anilines is 3. The summed E-state index contributed by atoms with van der Waals surface area (Å²) in [5, 5.41) is 0.850. The first kappa shape index (κ1) is 18.5. The minimum atomic E-state index is 0.204. The summed E-state index contributed by atoms with van der Waals surface area (Å²) in [5.41, 5.74) is 12.6. The second-order valence-electron chi connectivity index (χ2n) is 7.47. The monoisotopic (exact) mass is 377 g/mol. The SMILES string of the molecule is CC(C)N1CCN(c2ccc(-c3ccc4nc(N)nc(NN)c4c3)cc2)CC1. The molecule has 2 heterocycles. The van der Waals surface area contributed by atoms with Gasteiger partial charge in [0, 0.05) is 43.3 Å². The number of nitrogen functional groups attached to an aromatic ring is 2. The normalized spacial score (nSPS) is 15.4. The van der Waals surface area contributed by atoms with E-state index in [1.807, 2.05) is 18.2 Å². The second-order valence-corrected chi connectivity index (χ2v) is 7.47. The van der Waals surface area contributed by atoms with E-state index in [1.165, 1.54) is 5.69 Å². The first-order chi connectivity index (χ1) is 13.5. The smallest absolute Gasteiger partial charge is 0.222 e. The molecule has 0 aliphatic carbocycles. The molecule has 0 amide bonds. The van der Waals surface area contributed by atoms with Crippen molar-refractivity contribution in [3.8, 4) is 11.1 Å². The first-order valence-corrected chi connectivity index (χ1v) is 9.68. The van der Waals surface area contributed by atoms with Crippen LogP contribution in [0.25, 0.3) is 22.0 Å². The number of nitrogens with zero attached hydrogens (tertiary/aromatic N) is 4. The summed E-state index contributed by atoms with van der Waals surface area (Å²) in [4.78, 5) is 13.4. The molecule has 1 aliphatic heterocycles. The lowest BCUT2D eigenvalue weighted by Crippen LogP contribution is -2.48. The number of hydrogen-bond donors (Lipinski definition) is 3. The van der Waals surface area contributed by atoms with Gasteiger partial charge in [-0.15, -0.1) is 0 Å². The lowest BCUT2D eigenvalue weighted by molar-refractivity contribution is 0.209. The van der Waals surface area contributed by atoms with Crippen LogP contribution in [-0.4, -0.2) is 47.1 Å². The van der Waals surface area contributed by atoms with Gasteiger partial charge in [-0.2, -0.15) is 4.98 Å². The van der Waals surface area contributed by atoms with Crippen LogP contribution in [0.15, 0.2) is 42.5 Å². The van der Waals surface area contributed by atoms with Gasteiger partial charge >= 0.3 is 0 Å². The van der Waals surface area contributed by atoms with Gasteiger partial charge in [-0.05, 0) is 49.2 Å². The van der Waals surface area contributed by atoms with Crippen LogP contribution in [0.3, 0.4) is 0 Å². The van der Waals surface area contributed by atoms with Crippen LogP contribution in [-0.2, 0) is 0 Å². The molecular formula is C21H27N7. The molecule has 3 aromatic rings. The number of aromatic nitrogens is 2. The fourth-order valence-electron chi connectivity index (χ4n) is 3.80. The molecular weight excluding hydrogens is 350 g/mol. The third-order valence-electron chi connectivity index (χ3n) is 5.46. The van der Waals surface area contributed by atoms with E-state index in [0.29, 0.717) is 11.9 Å². The molecule has 7 heteroatoms. The quantitative estimate of drug-likeness (QED) is 0.475. The predicted molar refractivity (Wildman–Crippen MR) is 116 cm³/mol. The molecule has 1 saturated heterocycles. The number of hydrazine groups is 1. The summed E-state index contributed by atoms with van der Waals surface area (Å²) in [6.45, 7) is 8.89. The van der Waals surface area contributed by atoms with E-state index in [9.17, 15) is 0 Å². The summed E-state index contributed by atoms with van der Waals surface area (Å²) >= 11 is 0. The standard InChI is InChI=1S/C21H27N7/c1-14(2)27-9-11-28(12-10-27)17-6-3-15(4-7-17)16-5-8-19-18(13-16)20(26-23)25-21(22)24-19/h3-8,13-14H,9-12,23H2,1-2H3,(H3,22,24,25,26). The molecule has 0 bridgehead atoms. The third-order valence-corrected chi connectivity index (χ3v) is 5.46. The van der Waals surface area contributed by atoms with E-state index in [-0.39, 0.29) is 5.95 Å². The highest BCUT2D eigenvalue weighted by Crippen LogP contribution is 2.29. The minimum absolute atomic E-state index is 0.204. The zero-order valence-corrected chi connectivity index (χ0v) is 16.4. The summed E-state index contributed by atoms with van der Waals surface area (Å²) < 4.78 is 0. The minimum Gasteiger partial charge on any atom is -0.369 e. The van der Waals surface area contributed by atoms with Gasteiger partial charge in [-0.3, -0.25) is 4.90 Å². The van der Waals surface area contributed by atoms with Crippen LogP contribution >= 0.6 is 0 Å². The predicted octanol–water partition coefficient (Wildman–Crippen LogP) is 2.70. The van der Waals surface area contributed by atoms with Gasteiger partial charge in [0.2, 0.25) is 5.95 Å². The molecule has 28 heavy (non-hydrogen) atoms.